The average molecular weight is 343 g/mol. The van der Waals surface area contributed by atoms with Gasteiger partial charge in [0.2, 0.25) is 0 Å². The number of methoxy groups -OCH3 is 1. The van der Waals surface area contributed by atoms with Crippen LogP contribution >= 0.6 is 0 Å². The zero-order chi connectivity index (χ0) is 17.7. The highest BCUT2D eigenvalue weighted by Crippen LogP contribution is 2.05. The largest absolute Gasteiger partial charge is 0.469 e. The Labute approximate surface area is 150 Å². The van der Waals surface area contributed by atoms with E-state index in [1.165, 1.54) is 5.56 Å². The maximum absolute atomic E-state index is 5.36. The number of hydrogen-bond acceptors (Lipinski definition) is 3. The zero-order valence-corrected chi connectivity index (χ0v) is 15.2. The monoisotopic (exact) mass is 343 g/mol. The lowest BCUT2D eigenvalue weighted by Crippen LogP contribution is -2.43. The van der Waals surface area contributed by atoms with Crippen molar-refractivity contribution in [3.05, 3.63) is 60.1 Å². The average Bonchev–Trinajstić information content (AvgIpc) is 3.14. The van der Waals surface area contributed by atoms with Crippen LogP contribution in [0.2, 0.25) is 0 Å². The van der Waals surface area contributed by atoms with Gasteiger partial charge in [-0.25, -0.2) is 0 Å². The van der Waals surface area contributed by atoms with Crippen molar-refractivity contribution in [2.24, 2.45) is 4.99 Å². The summed E-state index contributed by atoms with van der Waals surface area (Å²) in [6, 6.07) is 14.8. The highest BCUT2D eigenvalue weighted by Gasteiger charge is 2.06. The molecule has 1 atom stereocenters. The highest BCUT2D eigenvalue weighted by atomic mass is 16.5. The van der Waals surface area contributed by atoms with Crippen molar-refractivity contribution in [3.63, 3.8) is 0 Å². The number of nitrogens with zero attached hydrogens (tertiary/aromatic N) is 1. The van der Waals surface area contributed by atoms with Crippen LogP contribution in [-0.2, 0) is 17.6 Å². The molecule has 0 aliphatic heterocycles. The van der Waals surface area contributed by atoms with E-state index in [1.54, 1.807) is 13.4 Å². The van der Waals surface area contributed by atoms with Crippen LogP contribution in [0.1, 0.15) is 24.7 Å². The fourth-order valence-corrected chi connectivity index (χ4v) is 2.49. The van der Waals surface area contributed by atoms with Crippen molar-refractivity contribution in [2.45, 2.75) is 32.2 Å². The van der Waals surface area contributed by atoms with Gasteiger partial charge in [0.1, 0.15) is 5.76 Å². The maximum atomic E-state index is 5.36. The minimum Gasteiger partial charge on any atom is -0.469 e. The van der Waals surface area contributed by atoms with Crippen LogP contribution in [0.15, 0.2) is 58.1 Å². The molecule has 136 valence electrons. The van der Waals surface area contributed by atoms with E-state index in [2.05, 4.69) is 52.9 Å². The smallest absolute Gasteiger partial charge is 0.191 e. The predicted octanol–water partition coefficient (Wildman–Crippen LogP) is 3.03. The second kappa shape index (κ2) is 11.3. The lowest BCUT2D eigenvalue weighted by atomic mass is 10.1. The van der Waals surface area contributed by atoms with Crippen molar-refractivity contribution in [1.82, 2.24) is 10.6 Å². The predicted molar refractivity (Wildman–Crippen MR) is 102 cm³/mol. The first kappa shape index (κ1) is 19.1. The molecule has 2 N–H and O–H groups in total. The summed E-state index contributed by atoms with van der Waals surface area (Å²) in [4.78, 5) is 4.57. The van der Waals surface area contributed by atoms with Crippen molar-refractivity contribution in [3.8, 4) is 0 Å². The molecule has 0 saturated heterocycles. The van der Waals surface area contributed by atoms with E-state index in [9.17, 15) is 0 Å². The van der Waals surface area contributed by atoms with Gasteiger partial charge in [-0.2, -0.15) is 0 Å². The Kier molecular flexibility index (Phi) is 8.63. The molecule has 0 fully saturated rings. The number of furan rings is 1. The number of hydrogen-bond donors (Lipinski definition) is 2. The molecular formula is C20H29N3O2. The lowest BCUT2D eigenvalue weighted by Gasteiger charge is -2.18. The summed E-state index contributed by atoms with van der Waals surface area (Å²) in [7, 11) is 1.69. The Balaban J connectivity index is 1.78. The van der Waals surface area contributed by atoms with E-state index in [4.69, 9.17) is 9.15 Å². The normalized spacial score (nSPS) is 12.8. The van der Waals surface area contributed by atoms with Gasteiger partial charge in [0.15, 0.2) is 5.96 Å². The standard InChI is InChI=1S/C20H29N3O2/c1-17(10-11-18-7-4-3-5-8-18)23-20(22-14-16-24-2)21-13-12-19-9-6-15-25-19/h3-9,15,17H,10-14,16H2,1-2H3,(H2,21,22,23). The van der Waals surface area contributed by atoms with Crippen molar-refractivity contribution in [1.29, 1.82) is 0 Å². The minimum absolute atomic E-state index is 0.331. The first-order chi connectivity index (χ1) is 12.3. The van der Waals surface area contributed by atoms with Crippen LogP contribution in [0.25, 0.3) is 0 Å². The first-order valence-electron chi connectivity index (χ1n) is 8.88. The van der Waals surface area contributed by atoms with Gasteiger partial charge in [-0.3, -0.25) is 4.99 Å². The zero-order valence-electron chi connectivity index (χ0n) is 15.2. The van der Waals surface area contributed by atoms with E-state index in [-0.39, 0.29) is 0 Å². The first-order valence-corrected chi connectivity index (χ1v) is 8.88. The molecule has 5 nitrogen and oxygen atoms in total. The number of aliphatic imine (C=N–C) groups is 1. The van der Waals surface area contributed by atoms with E-state index in [1.807, 2.05) is 12.1 Å². The Morgan fingerprint density at radius 3 is 2.72 bits per heavy atom. The Hall–Kier alpha value is -2.27. The number of benzene rings is 1. The third-order valence-electron chi connectivity index (χ3n) is 3.90. The van der Waals surface area contributed by atoms with Crippen LogP contribution in [0.3, 0.4) is 0 Å². The minimum atomic E-state index is 0.331. The van der Waals surface area contributed by atoms with Gasteiger partial charge >= 0.3 is 0 Å². The van der Waals surface area contributed by atoms with Gasteiger partial charge in [-0.15, -0.1) is 0 Å². The molecule has 0 aliphatic rings. The third kappa shape index (κ3) is 7.90. The van der Waals surface area contributed by atoms with Crippen LogP contribution < -0.4 is 10.6 Å². The number of rotatable bonds is 10. The van der Waals surface area contributed by atoms with E-state index < -0.39 is 0 Å². The highest BCUT2D eigenvalue weighted by molar-refractivity contribution is 5.80. The van der Waals surface area contributed by atoms with Crippen molar-refractivity contribution in [2.75, 3.05) is 26.8 Å². The van der Waals surface area contributed by atoms with Gasteiger partial charge < -0.3 is 19.8 Å². The van der Waals surface area contributed by atoms with Gasteiger partial charge in [0.05, 0.1) is 19.4 Å². The fourth-order valence-electron chi connectivity index (χ4n) is 2.49. The topological polar surface area (TPSA) is 58.8 Å². The Morgan fingerprint density at radius 2 is 2.00 bits per heavy atom. The fraction of sp³-hybridized carbons (Fsp3) is 0.450. The molecule has 5 heteroatoms. The van der Waals surface area contributed by atoms with E-state index in [0.717, 1.165) is 37.5 Å². The summed E-state index contributed by atoms with van der Waals surface area (Å²) in [5.41, 5.74) is 1.36. The molecular weight excluding hydrogens is 314 g/mol. The molecule has 0 amide bonds. The summed E-state index contributed by atoms with van der Waals surface area (Å²) < 4.78 is 10.5. The van der Waals surface area contributed by atoms with Crippen molar-refractivity contribution < 1.29 is 9.15 Å². The lowest BCUT2D eigenvalue weighted by molar-refractivity contribution is 0.208. The second-order valence-corrected chi connectivity index (χ2v) is 6.05. The van der Waals surface area contributed by atoms with Gasteiger partial charge in [-0.1, -0.05) is 30.3 Å². The second-order valence-electron chi connectivity index (χ2n) is 6.05. The van der Waals surface area contributed by atoms with Crippen LogP contribution in [0.4, 0.5) is 0 Å². The molecule has 2 rings (SSSR count). The molecule has 0 radical (unpaired) electrons. The molecule has 0 spiro atoms. The van der Waals surface area contributed by atoms with Gasteiger partial charge in [0.25, 0.3) is 0 Å². The summed E-state index contributed by atoms with van der Waals surface area (Å²) in [5.74, 6) is 1.80. The maximum Gasteiger partial charge on any atom is 0.191 e. The van der Waals surface area contributed by atoms with Crippen LogP contribution in [0.5, 0.6) is 0 Å². The van der Waals surface area contributed by atoms with Gasteiger partial charge in [0, 0.05) is 26.1 Å². The van der Waals surface area contributed by atoms with Crippen molar-refractivity contribution >= 4 is 5.96 Å². The Morgan fingerprint density at radius 1 is 1.16 bits per heavy atom. The third-order valence-corrected chi connectivity index (χ3v) is 3.90. The Bertz CT molecular complexity index is 597. The molecule has 25 heavy (non-hydrogen) atoms. The number of guanidine groups is 1. The number of aryl methyl sites for hydroxylation is 1. The molecule has 1 unspecified atom stereocenters. The van der Waals surface area contributed by atoms with Crippen LogP contribution in [0, 0.1) is 0 Å². The SMILES string of the molecule is COCCN=C(NCCc1ccco1)NC(C)CCc1ccccc1. The summed E-state index contributed by atoms with van der Waals surface area (Å²) in [5, 5.41) is 6.85. The van der Waals surface area contributed by atoms with Gasteiger partial charge in [-0.05, 0) is 37.5 Å². The summed E-state index contributed by atoms with van der Waals surface area (Å²) in [6.07, 6.45) is 4.63. The summed E-state index contributed by atoms with van der Waals surface area (Å²) in [6.45, 7) is 4.21. The molecule has 0 bridgehead atoms. The van der Waals surface area contributed by atoms with Crippen LogP contribution in [-0.4, -0.2) is 38.8 Å². The molecule has 1 heterocycles. The number of ether oxygens (including phenoxy) is 1. The van der Waals surface area contributed by atoms with E-state index >= 15 is 0 Å². The quantitative estimate of drug-likeness (QED) is 0.395. The molecule has 1 aromatic carbocycles. The number of nitrogens with one attached hydrogen (secondary N) is 2. The molecule has 0 saturated carbocycles. The molecule has 0 aliphatic carbocycles. The molecule has 2 aromatic rings. The summed E-state index contributed by atoms with van der Waals surface area (Å²) >= 11 is 0. The molecule has 1 aromatic heterocycles. The van der Waals surface area contributed by atoms with E-state index in [0.29, 0.717) is 19.2 Å².